The third-order valence-electron chi connectivity index (χ3n) is 5.15. The Balaban J connectivity index is 1.72. The molecule has 9 nitrogen and oxygen atoms in total. The van der Waals surface area contributed by atoms with Gasteiger partial charge in [0.2, 0.25) is 5.91 Å². The van der Waals surface area contributed by atoms with E-state index in [1.807, 2.05) is 37.3 Å². The van der Waals surface area contributed by atoms with Crippen molar-refractivity contribution in [1.29, 1.82) is 0 Å². The number of cyclic esters (lactones) is 2. The Morgan fingerprint density at radius 3 is 2.35 bits per heavy atom. The summed E-state index contributed by atoms with van der Waals surface area (Å²) in [4.78, 5) is 35.5. The van der Waals surface area contributed by atoms with Gasteiger partial charge in [0.1, 0.15) is 5.75 Å². The molecule has 2 aromatic rings. The van der Waals surface area contributed by atoms with Crippen LogP contribution in [0.1, 0.15) is 24.5 Å². The predicted octanol–water partition coefficient (Wildman–Crippen LogP) is 1.38. The van der Waals surface area contributed by atoms with E-state index in [0.29, 0.717) is 5.56 Å². The summed E-state index contributed by atoms with van der Waals surface area (Å²) in [5.41, 5.74) is 6.96. The molecule has 0 aliphatic carbocycles. The standard InChI is InChI=1S/C25H28N2O7/c1-17(10-11-18-6-3-2-4-7-18)27-16-21(28)25(33-23(30)12-13-24(31)34-25)32-20-9-5-8-19(14-20)15-22(26)29/h2-9,12-14,17,21,27-28H,10-11,15-16H2,1H3,(H2,26,29). The molecule has 2 atom stereocenters. The summed E-state index contributed by atoms with van der Waals surface area (Å²) in [6.07, 6.45) is 1.76. The van der Waals surface area contributed by atoms with Gasteiger partial charge in [-0.25, -0.2) is 9.59 Å². The highest BCUT2D eigenvalue weighted by Gasteiger charge is 2.50. The molecule has 1 aliphatic rings. The Morgan fingerprint density at radius 1 is 1.06 bits per heavy atom. The van der Waals surface area contributed by atoms with E-state index < -0.39 is 29.9 Å². The first-order chi connectivity index (χ1) is 16.3. The fourth-order valence-electron chi connectivity index (χ4n) is 3.40. The van der Waals surface area contributed by atoms with Crippen molar-refractivity contribution in [1.82, 2.24) is 5.32 Å². The molecule has 180 valence electrons. The molecule has 0 aromatic heterocycles. The van der Waals surface area contributed by atoms with Gasteiger partial charge in [-0.2, -0.15) is 0 Å². The van der Waals surface area contributed by atoms with Crippen molar-refractivity contribution in [2.45, 2.75) is 44.3 Å². The maximum atomic E-state index is 12.1. The van der Waals surface area contributed by atoms with Gasteiger partial charge >= 0.3 is 17.9 Å². The van der Waals surface area contributed by atoms with Gasteiger partial charge < -0.3 is 30.4 Å². The van der Waals surface area contributed by atoms with E-state index in [2.05, 4.69) is 5.32 Å². The molecule has 1 aliphatic heterocycles. The van der Waals surface area contributed by atoms with Crippen LogP contribution in [0.15, 0.2) is 66.7 Å². The molecule has 9 heteroatoms. The largest absolute Gasteiger partial charge is 0.451 e. The number of carbonyl (C=O) groups is 3. The van der Waals surface area contributed by atoms with Crippen LogP contribution in [0.5, 0.6) is 5.75 Å². The first kappa shape index (κ1) is 24.9. The van der Waals surface area contributed by atoms with Gasteiger partial charge in [0.05, 0.1) is 6.42 Å². The average molecular weight is 469 g/mol. The summed E-state index contributed by atoms with van der Waals surface area (Å²) in [5, 5.41) is 14.1. The van der Waals surface area contributed by atoms with Crippen molar-refractivity contribution in [3.05, 3.63) is 77.9 Å². The second-order valence-electron chi connectivity index (χ2n) is 8.02. The van der Waals surface area contributed by atoms with Crippen molar-refractivity contribution >= 4 is 17.8 Å². The molecule has 2 unspecified atom stereocenters. The van der Waals surface area contributed by atoms with Crippen LogP contribution in [-0.2, 0) is 36.7 Å². The van der Waals surface area contributed by atoms with E-state index in [1.54, 1.807) is 12.1 Å². The van der Waals surface area contributed by atoms with Crippen molar-refractivity contribution in [3.8, 4) is 5.75 Å². The average Bonchev–Trinajstić information content (AvgIpc) is 2.94. The lowest BCUT2D eigenvalue weighted by molar-refractivity contribution is -0.340. The van der Waals surface area contributed by atoms with Gasteiger partial charge in [0.15, 0.2) is 6.10 Å². The Kier molecular flexibility index (Phi) is 8.39. The van der Waals surface area contributed by atoms with Gasteiger partial charge in [-0.1, -0.05) is 42.5 Å². The summed E-state index contributed by atoms with van der Waals surface area (Å²) >= 11 is 0. The van der Waals surface area contributed by atoms with Gasteiger partial charge in [-0.05, 0) is 43.0 Å². The highest BCUT2D eigenvalue weighted by molar-refractivity contribution is 5.93. The van der Waals surface area contributed by atoms with E-state index in [4.69, 9.17) is 19.9 Å². The van der Waals surface area contributed by atoms with Crippen LogP contribution in [0, 0.1) is 0 Å². The van der Waals surface area contributed by atoms with Crippen LogP contribution in [0.3, 0.4) is 0 Å². The number of aryl methyl sites for hydroxylation is 1. The van der Waals surface area contributed by atoms with Crippen molar-refractivity contribution in [3.63, 3.8) is 0 Å². The minimum atomic E-state index is -2.44. The molecule has 0 saturated carbocycles. The van der Waals surface area contributed by atoms with E-state index in [0.717, 1.165) is 25.0 Å². The minimum absolute atomic E-state index is 0.0129. The first-order valence-electron chi connectivity index (χ1n) is 10.9. The smallest absolute Gasteiger partial charge is 0.418 e. The lowest BCUT2D eigenvalue weighted by atomic mass is 10.1. The lowest BCUT2D eigenvalue weighted by Crippen LogP contribution is -2.57. The summed E-state index contributed by atoms with van der Waals surface area (Å²) < 4.78 is 16.2. The summed E-state index contributed by atoms with van der Waals surface area (Å²) in [6.45, 7) is 1.85. The number of hydrogen-bond donors (Lipinski definition) is 3. The Morgan fingerprint density at radius 2 is 1.71 bits per heavy atom. The quantitative estimate of drug-likeness (QED) is 0.421. The number of hydrogen-bond acceptors (Lipinski definition) is 8. The zero-order chi connectivity index (χ0) is 24.6. The Labute approximate surface area is 197 Å². The Hall–Kier alpha value is -3.69. The molecule has 34 heavy (non-hydrogen) atoms. The number of amides is 1. The molecule has 0 radical (unpaired) electrons. The fraction of sp³-hybridized carbons (Fsp3) is 0.320. The molecule has 1 heterocycles. The van der Waals surface area contributed by atoms with Crippen LogP contribution in [0.2, 0.25) is 0 Å². The van der Waals surface area contributed by atoms with Crippen LogP contribution in [-0.4, -0.2) is 47.6 Å². The van der Waals surface area contributed by atoms with Crippen molar-refractivity contribution in [2.24, 2.45) is 5.73 Å². The molecular formula is C25H28N2O7. The summed E-state index contributed by atoms with van der Waals surface area (Å²) in [6, 6.07) is 16.2. The highest BCUT2D eigenvalue weighted by Crippen LogP contribution is 2.28. The monoisotopic (exact) mass is 468 g/mol. The molecule has 0 saturated heterocycles. The highest BCUT2D eigenvalue weighted by atomic mass is 16.9. The number of esters is 2. The molecule has 0 spiro atoms. The second kappa shape index (κ2) is 11.4. The molecule has 0 bridgehead atoms. The zero-order valence-electron chi connectivity index (χ0n) is 18.8. The summed E-state index contributed by atoms with van der Waals surface area (Å²) in [5.74, 6) is -4.71. The number of aliphatic hydroxyl groups excluding tert-OH is 1. The van der Waals surface area contributed by atoms with Crippen LogP contribution in [0.4, 0.5) is 0 Å². The van der Waals surface area contributed by atoms with Crippen molar-refractivity contribution in [2.75, 3.05) is 6.54 Å². The van der Waals surface area contributed by atoms with E-state index in [1.165, 1.54) is 17.7 Å². The number of aliphatic hydroxyl groups is 1. The topological polar surface area (TPSA) is 137 Å². The number of carbonyl (C=O) groups excluding carboxylic acids is 3. The second-order valence-corrected chi connectivity index (χ2v) is 8.02. The molecule has 1 amide bonds. The number of benzene rings is 2. The fourth-order valence-corrected chi connectivity index (χ4v) is 3.40. The maximum Gasteiger partial charge on any atom is 0.451 e. The molecule has 3 rings (SSSR count). The van der Waals surface area contributed by atoms with Crippen LogP contribution < -0.4 is 15.8 Å². The minimum Gasteiger partial charge on any atom is -0.418 e. The van der Waals surface area contributed by atoms with E-state index in [9.17, 15) is 19.5 Å². The normalized spacial score (nSPS) is 16.6. The number of nitrogens with one attached hydrogen (secondary N) is 1. The molecule has 2 aromatic carbocycles. The lowest BCUT2D eigenvalue weighted by Gasteiger charge is -2.34. The Bertz CT molecular complexity index is 1020. The number of primary amides is 1. The first-order valence-corrected chi connectivity index (χ1v) is 10.9. The van der Waals surface area contributed by atoms with Crippen molar-refractivity contribution < 1.29 is 33.7 Å². The van der Waals surface area contributed by atoms with Crippen LogP contribution in [0.25, 0.3) is 0 Å². The predicted molar refractivity (Wildman–Crippen MR) is 122 cm³/mol. The maximum absolute atomic E-state index is 12.1. The SMILES string of the molecule is CC(CCc1ccccc1)NCC(O)C1(Oc2cccc(CC(N)=O)c2)OC(=O)C=CC(=O)O1. The van der Waals surface area contributed by atoms with E-state index >= 15 is 0 Å². The number of rotatable bonds is 11. The molecule has 4 N–H and O–H groups in total. The third kappa shape index (κ3) is 7.16. The number of nitrogens with two attached hydrogens (primary N) is 1. The van der Waals surface area contributed by atoms with Gasteiger partial charge in [0, 0.05) is 24.7 Å². The van der Waals surface area contributed by atoms with Crippen LogP contribution >= 0.6 is 0 Å². The molecular weight excluding hydrogens is 440 g/mol. The van der Waals surface area contributed by atoms with Gasteiger partial charge in [-0.3, -0.25) is 4.79 Å². The van der Waals surface area contributed by atoms with Gasteiger partial charge in [0.25, 0.3) is 0 Å². The van der Waals surface area contributed by atoms with E-state index in [-0.39, 0.29) is 24.8 Å². The molecule has 0 fully saturated rings. The number of ether oxygens (including phenoxy) is 3. The third-order valence-corrected chi connectivity index (χ3v) is 5.15. The van der Waals surface area contributed by atoms with Gasteiger partial charge in [-0.15, -0.1) is 0 Å². The zero-order valence-corrected chi connectivity index (χ0v) is 18.8. The summed E-state index contributed by atoms with van der Waals surface area (Å²) in [7, 11) is 0.